The molecule has 1 aromatic rings. The molecule has 5 heteroatoms. The fraction of sp³-hybridized carbons (Fsp3) is 0.545. The van der Waals surface area contributed by atoms with Crippen LogP contribution in [0.25, 0.3) is 0 Å². The maximum Gasteiger partial charge on any atom is 0.130 e. The Morgan fingerprint density at radius 3 is 2.56 bits per heavy atom. The topological polar surface area (TPSA) is 64.9 Å². The van der Waals surface area contributed by atoms with Crippen LogP contribution in [0.15, 0.2) is 12.1 Å². The van der Waals surface area contributed by atoms with Crippen molar-refractivity contribution in [2.75, 3.05) is 0 Å². The van der Waals surface area contributed by atoms with Crippen molar-refractivity contribution in [2.45, 2.75) is 37.3 Å². The second-order valence-electron chi connectivity index (χ2n) is 4.49. The molecular formula is C11H15ClIN3. The predicted molar refractivity (Wildman–Crippen MR) is 74.3 cm³/mol. The molecule has 0 saturated heterocycles. The van der Waals surface area contributed by atoms with Crippen molar-refractivity contribution in [3.05, 3.63) is 26.5 Å². The number of pyridine rings is 1. The van der Waals surface area contributed by atoms with Gasteiger partial charge in [0.1, 0.15) is 5.15 Å². The summed E-state index contributed by atoms with van der Waals surface area (Å²) in [4.78, 5) is 4.35. The predicted octanol–water partition coefficient (Wildman–Crippen LogP) is 2.39. The van der Waals surface area contributed by atoms with Gasteiger partial charge < -0.3 is 11.5 Å². The van der Waals surface area contributed by atoms with Gasteiger partial charge in [0.25, 0.3) is 0 Å². The molecule has 1 aliphatic rings. The van der Waals surface area contributed by atoms with Crippen LogP contribution in [-0.2, 0) is 5.54 Å². The summed E-state index contributed by atoms with van der Waals surface area (Å²) in [6.07, 6.45) is 3.69. The Labute approximate surface area is 114 Å². The highest BCUT2D eigenvalue weighted by Gasteiger charge is 2.33. The molecule has 0 amide bonds. The monoisotopic (exact) mass is 351 g/mol. The van der Waals surface area contributed by atoms with Crippen molar-refractivity contribution in [2.24, 2.45) is 11.5 Å². The Balaban J connectivity index is 2.28. The van der Waals surface area contributed by atoms with E-state index >= 15 is 0 Å². The summed E-state index contributed by atoms with van der Waals surface area (Å²) in [6, 6.07) is 4.14. The third-order valence-electron chi connectivity index (χ3n) is 3.19. The van der Waals surface area contributed by atoms with Gasteiger partial charge in [0.15, 0.2) is 0 Å². The van der Waals surface area contributed by atoms with E-state index in [1.165, 1.54) is 0 Å². The van der Waals surface area contributed by atoms with E-state index in [0.717, 1.165) is 34.9 Å². The Morgan fingerprint density at radius 2 is 2.00 bits per heavy atom. The highest BCUT2D eigenvalue weighted by Crippen LogP contribution is 2.34. The fourth-order valence-electron chi connectivity index (χ4n) is 2.13. The lowest BCUT2D eigenvalue weighted by atomic mass is 9.78. The molecule has 0 aromatic carbocycles. The molecule has 0 bridgehead atoms. The van der Waals surface area contributed by atoms with Crippen molar-refractivity contribution >= 4 is 34.2 Å². The van der Waals surface area contributed by atoms with Crippen molar-refractivity contribution in [3.63, 3.8) is 0 Å². The van der Waals surface area contributed by atoms with Crippen LogP contribution in [0.4, 0.5) is 0 Å². The molecule has 1 aromatic heterocycles. The van der Waals surface area contributed by atoms with Crippen LogP contribution in [0, 0.1) is 3.57 Å². The van der Waals surface area contributed by atoms with Crippen molar-refractivity contribution < 1.29 is 0 Å². The molecule has 1 heterocycles. The number of rotatable bonds is 1. The van der Waals surface area contributed by atoms with Gasteiger partial charge in [0.05, 0.1) is 11.2 Å². The Morgan fingerprint density at radius 1 is 1.38 bits per heavy atom. The van der Waals surface area contributed by atoms with Gasteiger partial charge in [-0.3, -0.25) is 0 Å². The Hall–Kier alpha value is 0.0900. The van der Waals surface area contributed by atoms with E-state index in [2.05, 4.69) is 27.6 Å². The van der Waals surface area contributed by atoms with Gasteiger partial charge in [0.2, 0.25) is 0 Å². The first-order valence-electron chi connectivity index (χ1n) is 5.38. The molecule has 0 aliphatic heterocycles. The van der Waals surface area contributed by atoms with Crippen molar-refractivity contribution in [1.29, 1.82) is 0 Å². The number of hydrogen-bond donors (Lipinski definition) is 2. The van der Waals surface area contributed by atoms with E-state index in [1.54, 1.807) is 0 Å². The second-order valence-corrected chi connectivity index (χ2v) is 6.12. The highest BCUT2D eigenvalue weighted by atomic mass is 127. The van der Waals surface area contributed by atoms with Crippen LogP contribution < -0.4 is 11.5 Å². The van der Waals surface area contributed by atoms with Crippen LogP contribution in [0.1, 0.15) is 31.4 Å². The lowest BCUT2D eigenvalue weighted by Gasteiger charge is -2.35. The maximum absolute atomic E-state index is 6.40. The summed E-state index contributed by atoms with van der Waals surface area (Å²) >= 11 is 8.20. The summed E-state index contributed by atoms with van der Waals surface area (Å²) in [5, 5.41) is 0.515. The Bertz CT molecular complexity index is 369. The van der Waals surface area contributed by atoms with Crippen LogP contribution in [-0.4, -0.2) is 11.0 Å². The molecule has 2 rings (SSSR count). The third kappa shape index (κ3) is 2.67. The number of halogens is 2. The fourth-order valence-corrected chi connectivity index (χ4v) is 3.11. The van der Waals surface area contributed by atoms with Crippen LogP contribution in [0.3, 0.4) is 0 Å². The lowest BCUT2D eigenvalue weighted by Crippen LogP contribution is -2.44. The molecule has 1 saturated carbocycles. The normalized spacial score (nSPS) is 30.4. The zero-order valence-electron chi connectivity index (χ0n) is 8.92. The summed E-state index contributed by atoms with van der Waals surface area (Å²) in [6.45, 7) is 0. The van der Waals surface area contributed by atoms with E-state index in [-0.39, 0.29) is 11.6 Å². The molecule has 0 atom stereocenters. The van der Waals surface area contributed by atoms with Gasteiger partial charge in [0, 0.05) is 9.61 Å². The second kappa shape index (κ2) is 4.76. The first kappa shape index (κ1) is 12.5. The zero-order chi connectivity index (χ0) is 11.8. The smallest absolute Gasteiger partial charge is 0.130 e. The van der Waals surface area contributed by atoms with Gasteiger partial charge in [-0.05, 0) is 60.4 Å². The minimum atomic E-state index is -0.347. The Kier molecular flexibility index (Phi) is 3.73. The van der Waals surface area contributed by atoms with E-state index in [0.29, 0.717) is 5.15 Å². The first-order valence-corrected chi connectivity index (χ1v) is 6.83. The summed E-state index contributed by atoms with van der Waals surface area (Å²) < 4.78 is 1.08. The van der Waals surface area contributed by atoms with E-state index < -0.39 is 0 Å². The molecule has 1 aliphatic carbocycles. The van der Waals surface area contributed by atoms with E-state index in [1.807, 2.05) is 12.1 Å². The summed E-state index contributed by atoms with van der Waals surface area (Å²) in [5.74, 6) is 0. The molecule has 3 nitrogen and oxygen atoms in total. The first-order chi connectivity index (χ1) is 7.49. The molecule has 4 N–H and O–H groups in total. The standard InChI is InChI=1S/C11H15ClIN3/c12-10-6-7(13)5-9(16-10)11(15)3-1-8(14)2-4-11/h5-6,8H,1-4,14-15H2. The van der Waals surface area contributed by atoms with Gasteiger partial charge in [-0.15, -0.1) is 0 Å². The number of nitrogens with two attached hydrogens (primary N) is 2. The highest BCUT2D eigenvalue weighted by molar-refractivity contribution is 14.1. The largest absolute Gasteiger partial charge is 0.328 e. The molecule has 0 unspecified atom stereocenters. The number of nitrogens with zero attached hydrogens (tertiary/aromatic N) is 1. The average Bonchev–Trinajstić information content (AvgIpc) is 2.21. The van der Waals surface area contributed by atoms with Gasteiger partial charge in [-0.25, -0.2) is 4.98 Å². The zero-order valence-corrected chi connectivity index (χ0v) is 11.8. The average molecular weight is 352 g/mol. The number of hydrogen-bond acceptors (Lipinski definition) is 3. The molecule has 16 heavy (non-hydrogen) atoms. The van der Waals surface area contributed by atoms with Crippen molar-refractivity contribution in [1.82, 2.24) is 4.98 Å². The van der Waals surface area contributed by atoms with Gasteiger partial charge in [-0.2, -0.15) is 0 Å². The number of aromatic nitrogens is 1. The molecule has 0 radical (unpaired) electrons. The van der Waals surface area contributed by atoms with Gasteiger partial charge in [-0.1, -0.05) is 11.6 Å². The molecule has 0 spiro atoms. The van der Waals surface area contributed by atoms with Crippen LogP contribution in [0.5, 0.6) is 0 Å². The van der Waals surface area contributed by atoms with Crippen LogP contribution >= 0.6 is 34.2 Å². The minimum absolute atomic E-state index is 0.287. The summed E-state index contributed by atoms with van der Waals surface area (Å²) in [5.41, 5.74) is 12.8. The SMILES string of the molecule is NC1CCC(N)(c2cc(I)cc(Cl)n2)CC1. The molecule has 88 valence electrons. The minimum Gasteiger partial charge on any atom is -0.328 e. The maximum atomic E-state index is 6.40. The van der Waals surface area contributed by atoms with Gasteiger partial charge >= 0.3 is 0 Å². The third-order valence-corrected chi connectivity index (χ3v) is 4.01. The van der Waals surface area contributed by atoms with Crippen LogP contribution in [0.2, 0.25) is 5.15 Å². The van der Waals surface area contributed by atoms with E-state index in [9.17, 15) is 0 Å². The molecular weight excluding hydrogens is 336 g/mol. The quantitative estimate of drug-likeness (QED) is 0.603. The lowest BCUT2D eigenvalue weighted by molar-refractivity contribution is 0.271. The summed E-state index contributed by atoms with van der Waals surface area (Å²) in [7, 11) is 0. The van der Waals surface area contributed by atoms with E-state index in [4.69, 9.17) is 23.1 Å². The molecule has 1 fully saturated rings. The van der Waals surface area contributed by atoms with Crippen molar-refractivity contribution in [3.8, 4) is 0 Å².